The molecular formula is C19H25N3O3S. The SMILES string of the molecule is CN(C)Cc1cccc(Oc2ccc3c(c2)S(O)(O)NC2CCCN32)c1. The number of hydrogen-bond acceptors (Lipinski definition) is 6. The Morgan fingerprint density at radius 3 is 2.81 bits per heavy atom. The lowest BCUT2D eigenvalue weighted by Crippen LogP contribution is -2.46. The van der Waals surface area contributed by atoms with Crippen LogP contribution in [0.15, 0.2) is 47.4 Å². The molecule has 6 nitrogen and oxygen atoms in total. The average molecular weight is 375 g/mol. The van der Waals surface area contributed by atoms with Crippen LogP contribution in [-0.2, 0) is 6.54 Å². The minimum absolute atomic E-state index is 0.00184. The summed E-state index contributed by atoms with van der Waals surface area (Å²) in [5.74, 6) is 1.34. The smallest absolute Gasteiger partial charge is 0.129 e. The summed E-state index contributed by atoms with van der Waals surface area (Å²) in [4.78, 5) is 4.82. The van der Waals surface area contributed by atoms with Gasteiger partial charge in [0.2, 0.25) is 0 Å². The van der Waals surface area contributed by atoms with E-state index in [4.69, 9.17) is 4.74 Å². The molecule has 0 bridgehead atoms. The lowest BCUT2D eigenvalue weighted by atomic mass is 10.2. The van der Waals surface area contributed by atoms with E-state index in [0.29, 0.717) is 10.6 Å². The molecule has 4 rings (SSSR count). The Bertz CT molecular complexity index is 812. The molecule has 0 spiro atoms. The number of benzene rings is 2. The molecule has 1 saturated heterocycles. The number of nitrogens with zero attached hydrogens (tertiary/aromatic N) is 2. The van der Waals surface area contributed by atoms with Gasteiger partial charge in [0.15, 0.2) is 0 Å². The van der Waals surface area contributed by atoms with Gasteiger partial charge < -0.3 is 14.5 Å². The first-order valence-electron chi connectivity index (χ1n) is 8.80. The van der Waals surface area contributed by atoms with Crippen molar-refractivity contribution in [3.05, 3.63) is 48.0 Å². The van der Waals surface area contributed by atoms with E-state index in [0.717, 1.165) is 42.9 Å². The van der Waals surface area contributed by atoms with Gasteiger partial charge in [0.05, 0.1) is 11.9 Å². The van der Waals surface area contributed by atoms with Gasteiger partial charge in [-0.05, 0) is 56.8 Å². The highest BCUT2D eigenvalue weighted by molar-refractivity contribution is 8.22. The zero-order valence-electron chi connectivity index (χ0n) is 15.1. The Morgan fingerprint density at radius 1 is 1.19 bits per heavy atom. The predicted molar refractivity (Wildman–Crippen MR) is 105 cm³/mol. The van der Waals surface area contributed by atoms with Crippen LogP contribution in [0.1, 0.15) is 18.4 Å². The molecule has 1 unspecified atom stereocenters. The number of rotatable bonds is 4. The van der Waals surface area contributed by atoms with Crippen molar-refractivity contribution in [2.75, 3.05) is 25.5 Å². The van der Waals surface area contributed by atoms with Crippen LogP contribution in [0.25, 0.3) is 0 Å². The number of hydrogen-bond donors (Lipinski definition) is 3. The molecule has 3 N–H and O–H groups in total. The average Bonchev–Trinajstić information content (AvgIpc) is 3.02. The molecule has 2 aliphatic rings. The molecule has 1 atom stereocenters. The van der Waals surface area contributed by atoms with E-state index in [2.05, 4.69) is 20.6 Å². The van der Waals surface area contributed by atoms with Crippen LogP contribution < -0.4 is 14.4 Å². The highest BCUT2D eigenvalue weighted by atomic mass is 32.3. The summed E-state index contributed by atoms with van der Waals surface area (Å²) in [5.41, 5.74) is 2.05. The van der Waals surface area contributed by atoms with E-state index in [1.54, 1.807) is 6.07 Å². The van der Waals surface area contributed by atoms with Gasteiger partial charge in [-0.25, -0.2) is 0 Å². The molecule has 2 aliphatic heterocycles. The molecule has 2 aromatic carbocycles. The van der Waals surface area contributed by atoms with Gasteiger partial charge in [0, 0.05) is 19.2 Å². The van der Waals surface area contributed by atoms with Crippen molar-refractivity contribution in [2.45, 2.75) is 30.4 Å². The highest BCUT2D eigenvalue weighted by Gasteiger charge is 2.38. The topological polar surface area (TPSA) is 68.2 Å². The summed E-state index contributed by atoms with van der Waals surface area (Å²) >= 11 is 0. The summed E-state index contributed by atoms with van der Waals surface area (Å²) in [7, 11) is 1.04. The molecule has 1 fully saturated rings. The second-order valence-corrected chi connectivity index (χ2v) is 8.91. The molecule has 0 amide bonds. The maximum atomic E-state index is 10.5. The van der Waals surface area contributed by atoms with E-state index >= 15 is 0 Å². The molecule has 140 valence electrons. The van der Waals surface area contributed by atoms with Crippen LogP contribution >= 0.6 is 10.8 Å². The second kappa shape index (κ2) is 6.75. The van der Waals surface area contributed by atoms with Crippen LogP contribution in [0.5, 0.6) is 11.5 Å². The third-order valence-corrected chi connectivity index (χ3v) is 6.27. The Hall–Kier alpha value is -1.77. The Kier molecular flexibility index (Phi) is 4.58. The van der Waals surface area contributed by atoms with Crippen molar-refractivity contribution in [3.8, 4) is 11.5 Å². The monoisotopic (exact) mass is 375 g/mol. The summed E-state index contributed by atoms with van der Waals surface area (Å²) < 4.78 is 30.1. The Labute approximate surface area is 155 Å². The maximum absolute atomic E-state index is 10.5. The molecular weight excluding hydrogens is 350 g/mol. The van der Waals surface area contributed by atoms with E-state index in [-0.39, 0.29) is 6.17 Å². The molecule has 0 aliphatic carbocycles. The third-order valence-electron chi connectivity index (χ3n) is 4.73. The van der Waals surface area contributed by atoms with E-state index < -0.39 is 10.8 Å². The predicted octanol–water partition coefficient (Wildman–Crippen LogP) is 4.09. The van der Waals surface area contributed by atoms with Gasteiger partial charge in [-0.3, -0.25) is 9.11 Å². The standard InChI is InChI=1S/C19H25N3O3S/c1-21(2)13-14-5-3-6-15(11-14)25-16-8-9-17-18(12-16)26(23,24)20-19-7-4-10-22(17)19/h3,5-6,8-9,11-12,19-20,23-24H,4,7,10,13H2,1-2H3. The second-order valence-electron chi connectivity index (χ2n) is 7.13. The molecule has 26 heavy (non-hydrogen) atoms. The van der Waals surface area contributed by atoms with Crippen molar-refractivity contribution < 1.29 is 13.8 Å². The van der Waals surface area contributed by atoms with Crippen LogP contribution in [0.4, 0.5) is 5.69 Å². The normalized spacial score (nSPS) is 22.0. The lowest BCUT2D eigenvalue weighted by molar-refractivity contribution is 0.401. The van der Waals surface area contributed by atoms with Crippen molar-refractivity contribution in [1.29, 1.82) is 0 Å². The fourth-order valence-corrected chi connectivity index (χ4v) is 5.17. The van der Waals surface area contributed by atoms with Crippen LogP contribution in [0.2, 0.25) is 0 Å². The first kappa shape index (κ1) is 17.6. The van der Waals surface area contributed by atoms with Crippen LogP contribution in [0, 0.1) is 0 Å². The van der Waals surface area contributed by atoms with Crippen molar-refractivity contribution in [2.24, 2.45) is 0 Å². The summed E-state index contributed by atoms with van der Waals surface area (Å²) in [6.45, 7) is 1.76. The lowest BCUT2D eigenvalue weighted by Gasteiger charge is -2.46. The van der Waals surface area contributed by atoms with Gasteiger partial charge in [-0.2, -0.15) is 4.72 Å². The molecule has 0 radical (unpaired) electrons. The van der Waals surface area contributed by atoms with Crippen molar-refractivity contribution in [3.63, 3.8) is 0 Å². The number of ether oxygens (including phenoxy) is 1. The zero-order valence-corrected chi connectivity index (χ0v) is 15.9. The minimum atomic E-state index is -3.01. The summed E-state index contributed by atoms with van der Waals surface area (Å²) in [6.07, 6.45) is 1.97. The first-order chi connectivity index (χ1) is 12.4. The quantitative estimate of drug-likeness (QED) is 0.748. The van der Waals surface area contributed by atoms with Crippen LogP contribution in [-0.4, -0.2) is 40.8 Å². The molecule has 0 aromatic heterocycles. The van der Waals surface area contributed by atoms with Gasteiger partial charge in [0.25, 0.3) is 0 Å². The van der Waals surface area contributed by atoms with E-state index in [1.165, 1.54) is 0 Å². The van der Waals surface area contributed by atoms with Crippen molar-refractivity contribution in [1.82, 2.24) is 9.62 Å². The number of fused-ring (bicyclic) bond motifs is 3. The number of nitrogens with one attached hydrogen (secondary N) is 1. The van der Waals surface area contributed by atoms with Gasteiger partial charge >= 0.3 is 0 Å². The van der Waals surface area contributed by atoms with Crippen molar-refractivity contribution >= 4 is 16.5 Å². The fraction of sp³-hybridized carbons (Fsp3) is 0.368. The van der Waals surface area contributed by atoms with Gasteiger partial charge in [-0.15, -0.1) is 10.8 Å². The first-order valence-corrected chi connectivity index (χ1v) is 10.3. The van der Waals surface area contributed by atoms with Crippen LogP contribution in [0.3, 0.4) is 0 Å². The molecule has 2 heterocycles. The largest absolute Gasteiger partial charge is 0.457 e. The molecule has 2 aromatic rings. The summed E-state index contributed by atoms with van der Waals surface area (Å²) in [6, 6.07) is 13.5. The zero-order chi connectivity index (χ0) is 18.3. The molecule has 0 saturated carbocycles. The fourth-order valence-electron chi connectivity index (χ4n) is 3.66. The highest BCUT2D eigenvalue weighted by Crippen LogP contribution is 2.55. The third kappa shape index (κ3) is 3.41. The molecule has 7 heteroatoms. The van der Waals surface area contributed by atoms with E-state index in [1.807, 2.05) is 44.4 Å². The minimum Gasteiger partial charge on any atom is -0.457 e. The van der Waals surface area contributed by atoms with Gasteiger partial charge in [0.1, 0.15) is 16.4 Å². The van der Waals surface area contributed by atoms with Gasteiger partial charge in [-0.1, -0.05) is 12.1 Å². The Balaban J connectivity index is 1.61. The maximum Gasteiger partial charge on any atom is 0.129 e. The Morgan fingerprint density at radius 2 is 2.00 bits per heavy atom. The number of anilines is 1. The summed E-state index contributed by atoms with van der Waals surface area (Å²) in [5, 5.41) is 0. The van der Waals surface area contributed by atoms with E-state index in [9.17, 15) is 9.11 Å².